The van der Waals surface area contributed by atoms with Gasteiger partial charge in [0.2, 0.25) is 0 Å². The van der Waals surface area contributed by atoms with Gasteiger partial charge in [-0.05, 0) is 49.2 Å². The largest absolute Gasteiger partial charge is 0.466 e. The van der Waals surface area contributed by atoms with Gasteiger partial charge in [-0.2, -0.15) is 0 Å². The highest BCUT2D eigenvalue weighted by Crippen LogP contribution is 2.21. The number of esters is 1. The van der Waals surface area contributed by atoms with Crippen molar-refractivity contribution in [2.75, 3.05) is 23.8 Å². The minimum Gasteiger partial charge on any atom is -0.466 e. The number of ether oxygens (including phenoxy) is 1. The van der Waals surface area contributed by atoms with E-state index in [1.165, 1.54) is 18.2 Å². The van der Waals surface area contributed by atoms with Crippen LogP contribution in [0, 0.1) is 0 Å². The number of carbonyl (C=O) groups excluding carboxylic acids is 4. The summed E-state index contributed by atoms with van der Waals surface area (Å²) in [5, 5.41) is 7.78. The van der Waals surface area contributed by atoms with E-state index in [1.54, 1.807) is 31.2 Å². The van der Waals surface area contributed by atoms with E-state index in [1.807, 2.05) is 6.92 Å². The van der Waals surface area contributed by atoms with Gasteiger partial charge < -0.3 is 20.7 Å². The smallest absolute Gasteiger partial charge is 0.314 e. The molecule has 3 amide bonds. The van der Waals surface area contributed by atoms with Crippen molar-refractivity contribution in [1.29, 1.82) is 0 Å². The molecule has 0 aliphatic carbocycles. The maximum Gasteiger partial charge on any atom is 0.314 e. The Labute approximate surface area is 185 Å². The second kappa shape index (κ2) is 11.7. The zero-order valence-corrected chi connectivity index (χ0v) is 18.0. The van der Waals surface area contributed by atoms with Crippen molar-refractivity contribution in [3.05, 3.63) is 58.6 Å². The molecule has 2 aromatic carbocycles. The topological polar surface area (TPSA) is 114 Å². The second-order valence-corrected chi connectivity index (χ2v) is 6.95. The fraction of sp³-hybridized carbons (Fsp3) is 0.273. The number of amides is 3. The number of halogens is 1. The lowest BCUT2D eigenvalue weighted by Gasteiger charge is -2.10. The fourth-order valence-electron chi connectivity index (χ4n) is 2.62. The summed E-state index contributed by atoms with van der Waals surface area (Å²) in [7, 11) is 0. The van der Waals surface area contributed by atoms with Gasteiger partial charge >= 0.3 is 17.8 Å². The van der Waals surface area contributed by atoms with Gasteiger partial charge in [0.05, 0.1) is 23.6 Å². The third-order valence-electron chi connectivity index (χ3n) is 4.05. The maximum absolute atomic E-state index is 12.2. The lowest BCUT2D eigenvalue weighted by molar-refractivity contribution is -0.142. The Kier molecular flexibility index (Phi) is 9.02. The average molecular weight is 446 g/mol. The van der Waals surface area contributed by atoms with Crippen molar-refractivity contribution in [3.63, 3.8) is 0 Å². The highest BCUT2D eigenvalue weighted by atomic mass is 35.5. The summed E-state index contributed by atoms with van der Waals surface area (Å²) in [4.78, 5) is 48.1. The Morgan fingerprint density at radius 2 is 1.61 bits per heavy atom. The highest BCUT2D eigenvalue weighted by molar-refractivity contribution is 6.44. The quantitative estimate of drug-likeness (QED) is 0.426. The standard InChI is InChI=1S/C22H24ClN3O5/c1-3-10-24-20(28)17-9-8-16(13-18(17)23)26-22(30)21(29)25-15-7-5-6-14(11-15)12-19(27)31-4-2/h5-9,11,13H,3-4,10,12H2,1-2H3,(H,24,28)(H,25,29)(H,26,30). The molecule has 2 aromatic rings. The van der Waals surface area contributed by atoms with Crippen molar-refractivity contribution >= 4 is 46.7 Å². The van der Waals surface area contributed by atoms with E-state index >= 15 is 0 Å². The van der Waals surface area contributed by atoms with Gasteiger partial charge in [0.15, 0.2) is 0 Å². The summed E-state index contributed by atoms with van der Waals surface area (Å²) in [5.41, 5.74) is 1.55. The van der Waals surface area contributed by atoms with E-state index in [0.29, 0.717) is 17.8 Å². The molecule has 0 saturated heterocycles. The summed E-state index contributed by atoms with van der Waals surface area (Å²) < 4.78 is 4.90. The van der Waals surface area contributed by atoms with Crippen molar-refractivity contribution in [2.45, 2.75) is 26.7 Å². The molecule has 0 unspecified atom stereocenters. The molecule has 0 radical (unpaired) electrons. The van der Waals surface area contributed by atoms with Crippen molar-refractivity contribution in [1.82, 2.24) is 5.32 Å². The summed E-state index contributed by atoms with van der Waals surface area (Å²) in [6.07, 6.45) is 0.846. The van der Waals surface area contributed by atoms with Crippen LogP contribution in [0.2, 0.25) is 5.02 Å². The molecule has 31 heavy (non-hydrogen) atoms. The molecule has 8 nitrogen and oxygen atoms in total. The first-order chi connectivity index (χ1) is 14.8. The number of hydrogen-bond donors (Lipinski definition) is 3. The van der Waals surface area contributed by atoms with Gasteiger partial charge in [0.1, 0.15) is 0 Å². The zero-order chi connectivity index (χ0) is 22.8. The van der Waals surface area contributed by atoms with Crippen molar-refractivity contribution < 1.29 is 23.9 Å². The monoisotopic (exact) mass is 445 g/mol. The van der Waals surface area contributed by atoms with Crippen LogP contribution in [-0.4, -0.2) is 36.8 Å². The van der Waals surface area contributed by atoms with Crippen LogP contribution in [0.25, 0.3) is 0 Å². The normalized spacial score (nSPS) is 10.2. The molecule has 0 aliphatic rings. The minimum absolute atomic E-state index is 0.0560. The van der Waals surface area contributed by atoms with Crippen LogP contribution < -0.4 is 16.0 Å². The molecule has 9 heteroatoms. The van der Waals surface area contributed by atoms with E-state index in [0.717, 1.165) is 6.42 Å². The summed E-state index contributed by atoms with van der Waals surface area (Å²) in [6, 6.07) is 10.9. The second-order valence-electron chi connectivity index (χ2n) is 6.54. The Balaban J connectivity index is 1.98. The first kappa shape index (κ1) is 23.9. The van der Waals surface area contributed by atoms with Gasteiger partial charge in [0, 0.05) is 17.9 Å². The molecule has 3 N–H and O–H groups in total. The van der Waals surface area contributed by atoms with Gasteiger partial charge in [0.25, 0.3) is 5.91 Å². The number of benzene rings is 2. The van der Waals surface area contributed by atoms with Crippen LogP contribution in [0.15, 0.2) is 42.5 Å². The highest BCUT2D eigenvalue weighted by Gasteiger charge is 2.16. The van der Waals surface area contributed by atoms with Gasteiger partial charge in [-0.1, -0.05) is 30.7 Å². The van der Waals surface area contributed by atoms with Crippen LogP contribution in [0.5, 0.6) is 0 Å². The number of nitrogens with one attached hydrogen (secondary N) is 3. The van der Waals surface area contributed by atoms with E-state index in [9.17, 15) is 19.2 Å². The number of rotatable bonds is 8. The molecule has 0 atom stereocenters. The Morgan fingerprint density at radius 3 is 2.23 bits per heavy atom. The summed E-state index contributed by atoms with van der Waals surface area (Å²) in [6.45, 7) is 4.45. The lowest BCUT2D eigenvalue weighted by Crippen LogP contribution is -2.29. The molecule has 0 bridgehead atoms. The number of anilines is 2. The molecule has 164 valence electrons. The number of hydrogen-bond acceptors (Lipinski definition) is 5. The molecule has 0 fully saturated rings. The first-order valence-corrected chi connectivity index (χ1v) is 10.2. The molecule has 0 heterocycles. The van der Waals surface area contributed by atoms with Crippen molar-refractivity contribution in [2.24, 2.45) is 0 Å². The van der Waals surface area contributed by atoms with E-state index in [4.69, 9.17) is 16.3 Å². The third-order valence-corrected chi connectivity index (χ3v) is 4.36. The van der Waals surface area contributed by atoms with Crippen molar-refractivity contribution in [3.8, 4) is 0 Å². The van der Waals surface area contributed by atoms with Crippen LogP contribution in [-0.2, 0) is 25.5 Å². The third kappa shape index (κ3) is 7.42. The molecule has 0 saturated carbocycles. The van der Waals surface area contributed by atoms with Gasteiger partial charge in [-0.15, -0.1) is 0 Å². The molecular weight excluding hydrogens is 422 g/mol. The first-order valence-electron chi connectivity index (χ1n) is 9.78. The average Bonchev–Trinajstić information content (AvgIpc) is 2.72. The zero-order valence-electron chi connectivity index (χ0n) is 17.3. The maximum atomic E-state index is 12.2. The molecular formula is C22H24ClN3O5. The Bertz CT molecular complexity index is 977. The van der Waals surface area contributed by atoms with Gasteiger partial charge in [-0.3, -0.25) is 19.2 Å². The molecule has 0 spiro atoms. The molecule has 0 aromatic heterocycles. The minimum atomic E-state index is -0.907. The van der Waals surface area contributed by atoms with Crippen LogP contribution in [0.4, 0.5) is 11.4 Å². The van der Waals surface area contributed by atoms with Crippen LogP contribution in [0.3, 0.4) is 0 Å². The lowest BCUT2D eigenvalue weighted by atomic mass is 10.1. The van der Waals surface area contributed by atoms with Gasteiger partial charge in [-0.25, -0.2) is 0 Å². The van der Waals surface area contributed by atoms with E-state index < -0.39 is 11.8 Å². The summed E-state index contributed by atoms with van der Waals surface area (Å²) in [5.74, 6) is -2.50. The Hall–Kier alpha value is -3.39. The molecule has 2 rings (SSSR count). The summed E-state index contributed by atoms with van der Waals surface area (Å²) >= 11 is 6.13. The van der Waals surface area contributed by atoms with E-state index in [2.05, 4.69) is 16.0 Å². The predicted molar refractivity (Wildman–Crippen MR) is 118 cm³/mol. The number of carbonyl (C=O) groups is 4. The fourth-order valence-corrected chi connectivity index (χ4v) is 2.89. The van der Waals surface area contributed by atoms with Crippen LogP contribution in [0.1, 0.15) is 36.2 Å². The Morgan fingerprint density at radius 1 is 0.935 bits per heavy atom. The SMILES string of the molecule is CCCNC(=O)c1ccc(NC(=O)C(=O)Nc2cccc(CC(=O)OCC)c2)cc1Cl. The van der Waals surface area contributed by atoms with Crippen LogP contribution >= 0.6 is 11.6 Å². The van der Waals surface area contributed by atoms with E-state index in [-0.39, 0.29) is 41.2 Å². The molecule has 0 aliphatic heterocycles. The predicted octanol–water partition coefficient (Wildman–Crippen LogP) is 3.16.